The van der Waals surface area contributed by atoms with Crippen molar-refractivity contribution in [3.63, 3.8) is 0 Å². The van der Waals surface area contributed by atoms with E-state index in [0.29, 0.717) is 59.6 Å². The number of rotatable bonds is 3. The van der Waals surface area contributed by atoms with Crippen LogP contribution in [0.5, 0.6) is 17.2 Å². The van der Waals surface area contributed by atoms with Gasteiger partial charge in [0, 0.05) is 41.9 Å². The lowest BCUT2D eigenvalue weighted by molar-refractivity contribution is -0.0778. The Morgan fingerprint density at radius 3 is 2.61 bits per heavy atom. The molecule has 170 valence electrons. The van der Waals surface area contributed by atoms with Crippen molar-refractivity contribution in [2.75, 3.05) is 27.3 Å². The quantitative estimate of drug-likeness (QED) is 0.535. The summed E-state index contributed by atoms with van der Waals surface area (Å²) in [6, 6.07) is 12.2. The molecule has 9 heteroatoms. The number of para-hydroxylation sites is 1. The van der Waals surface area contributed by atoms with E-state index >= 15 is 0 Å². The number of nitrogens with one attached hydrogen (secondary N) is 1. The molecule has 1 N–H and O–H groups in total. The van der Waals surface area contributed by atoms with Gasteiger partial charge in [-0.2, -0.15) is 0 Å². The second kappa shape index (κ2) is 8.31. The Morgan fingerprint density at radius 2 is 1.88 bits per heavy atom. The SMILES string of the molecule is COc1cc(C(=O)N2C(=O)c3cc(Br)ccc3OC23CCNCC3)nc2c(OC)cccc12. The lowest BCUT2D eigenvalue weighted by Crippen LogP contribution is -2.64. The summed E-state index contributed by atoms with van der Waals surface area (Å²) < 4.78 is 18.1. The molecule has 0 saturated carbocycles. The first kappa shape index (κ1) is 21.7. The molecule has 3 heterocycles. The van der Waals surface area contributed by atoms with Crippen LogP contribution in [0.15, 0.2) is 46.9 Å². The van der Waals surface area contributed by atoms with Gasteiger partial charge < -0.3 is 19.5 Å². The maximum Gasteiger partial charge on any atom is 0.282 e. The minimum absolute atomic E-state index is 0.0807. The van der Waals surface area contributed by atoms with Gasteiger partial charge in [-0.1, -0.05) is 22.0 Å². The molecule has 2 amide bonds. The van der Waals surface area contributed by atoms with Gasteiger partial charge in [0.1, 0.15) is 28.5 Å². The first-order valence-corrected chi connectivity index (χ1v) is 11.4. The largest absolute Gasteiger partial charge is 0.496 e. The zero-order valence-electron chi connectivity index (χ0n) is 18.2. The normalized spacial score (nSPS) is 16.9. The van der Waals surface area contributed by atoms with Crippen molar-refractivity contribution in [1.82, 2.24) is 15.2 Å². The number of aromatic nitrogens is 1. The molecule has 0 aliphatic carbocycles. The summed E-state index contributed by atoms with van der Waals surface area (Å²) in [5, 5.41) is 3.98. The molecule has 33 heavy (non-hydrogen) atoms. The number of imide groups is 1. The smallest absolute Gasteiger partial charge is 0.282 e. The highest BCUT2D eigenvalue weighted by molar-refractivity contribution is 9.10. The molecule has 2 aliphatic rings. The van der Waals surface area contributed by atoms with E-state index < -0.39 is 17.5 Å². The Balaban J connectivity index is 1.67. The number of halogens is 1. The van der Waals surface area contributed by atoms with Gasteiger partial charge in [-0.15, -0.1) is 0 Å². The highest BCUT2D eigenvalue weighted by Crippen LogP contribution is 2.41. The van der Waals surface area contributed by atoms with Crippen LogP contribution in [-0.2, 0) is 0 Å². The van der Waals surface area contributed by atoms with Crippen molar-refractivity contribution in [1.29, 1.82) is 0 Å². The predicted octanol–water partition coefficient (Wildman–Crippen LogP) is 3.77. The summed E-state index contributed by atoms with van der Waals surface area (Å²) in [5.41, 5.74) is -0.204. The van der Waals surface area contributed by atoms with Crippen LogP contribution in [0.1, 0.15) is 33.7 Å². The van der Waals surface area contributed by atoms with Gasteiger partial charge in [-0.25, -0.2) is 9.88 Å². The third-order valence-corrected chi connectivity index (χ3v) is 6.59. The number of hydrogen-bond acceptors (Lipinski definition) is 7. The number of carbonyl (C=O) groups excluding carboxylic acids is 2. The molecule has 1 spiro atoms. The summed E-state index contributed by atoms with van der Waals surface area (Å²) in [7, 11) is 3.07. The number of methoxy groups -OCH3 is 2. The van der Waals surface area contributed by atoms with E-state index in [9.17, 15) is 9.59 Å². The summed E-state index contributed by atoms with van der Waals surface area (Å²) in [4.78, 5) is 33.4. The summed E-state index contributed by atoms with van der Waals surface area (Å²) in [6.07, 6.45) is 0.933. The monoisotopic (exact) mass is 511 g/mol. The molecule has 0 radical (unpaired) electrons. The second-order valence-corrected chi connectivity index (χ2v) is 8.87. The van der Waals surface area contributed by atoms with E-state index in [4.69, 9.17) is 14.2 Å². The Hall–Kier alpha value is -3.17. The molecule has 0 atom stereocenters. The minimum Gasteiger partial charge on any atom is -0.496 e. The van der Waals surface area contributed by atoms with Crippen molar-refractivity contribution >= 4 is 38.6 Å². The molecule has 2 aliphatic heterocycles. The van der Waals surface area contributed by atoms with Gasteiger partial charge in [0.2, 0.25) is 0 Å². The maximum atomic E-state index is 13.9. The molecule has 8 nitrogen and oxygen atoms in total. The van der Waals surface area contributed by atoms with E-state index in [2.05, 4.69) is 26.2 Å². The standard InChI is InChI=1S/C24H22BrN3O5/c1-31-19-5-3-4-15-20(32-2)13-17(27-21(15)19)23(30)28-22(29)16-12-14(25)6-7-18(16)33-24(28)8-10-26-11-9-24/h3-7,12-13,26H,8-11H2,1-2H3. The third kappa shape index (κ3) is 3.52. The van der Waals surface area contributed by atoms with Crippen LogP contribution in [0.4, 0.5) is 0 Å². The lowest BCUT2D eigenvalue weighted by atomic mass is 9.94. The van der Waals surface area contributed by atoms with Crippen molar-refractivity contribution in [2.24, 2.45) is 0 Å². The number of nitrogens with zero attached hydrogens (tertiary/aromatic N) is 2. The van der Waals surface area contributed by atoms with Crippen LogP contribution < -0.4 is 19.5 Å². The van der Waals surface area contributed by atoms with Crippen molar-refractivity contribution in [3.05, 3.63) is 58.2 Å². The molecule has 1 fully saturated rings. The van der Waals surface area contributed by atoms with Gasteiger partial charge in [0.05, 0.1) is 19.8 Å². The first-order valence-electron chi connectivity index (χ1n) is 10.6. The van der Waals surface area contributed by atoms with E-state index in [1.165, 1.54) is 19.1 Å². The molecule has 2 aromatic carbocycles. The zero-order valence-corrected chi connectivity index (χ0v) is 19.8. The Bertz CT molecular complexity index is 1270. The predicted molar refractivity (Wildman–Crippen MR) is 125 cm³/mol. The number of piperidine rings is 1. The van der Waals surface area contributed by atoms with Crippen LogP contribution in [0.2, 0.25) is 0 Å². The molecular weight excluding hydrogens is 490 g/mol. The number of fused-ring (bicyclic) bond motifs is 2. The van der Waals surface area contributed by atoms with Crippen LogP contribution in [0.25, 0.3) is 10.9 Å². The fraction of sp³-hybridized carbons (Fsp3) is 0.292. The van der Waals surface area contributed by atoms with Gasteiger partial charge in [-0.05, 0) is 30.3 Å². The molecule has 0 unspecified atom stereocenters. The molecular formula is C24H22BrN3O5. The van der Waals surface area contributed by atoms with Crippen LogP contribution in [0, 0.1) is 0 Å². The Morgan fingerprint density at radius 1 is 1.12 bits per heavy atom. The van der Waals surface area contributed by atoms with Crippen LogP contribution in [-0.4, -0.2) is 54.7 Å². The average molecular weight is 512 g/mol. The highest BCUT2D eigenvalue weighted by atomic mass is 79.9. The minimum atomic E-state index is -1.09. The van der Waals surface area contributed by atoms with Crippen molar-refractivity contribution in [2.45, 2.75) is 18.6 Å². The van der Waals surface area contributed by atoms with E-state index in [-0.39, 0.29) is 5.69 Å². The lowest BCUT2D eigenvalue weighted by Gasteiger charge is -2.47. The van der Waals surface area contributed by atoms with Crippen molar-refractivity contribution in [3.8, 4) is 17.2 Å². The number of amides is 2. The number of ether oxygens (including phenoxy) is 3. The van der Waals surface area contributed by atoms with Gasteiger partial charge in [0.25, 0.3) is 11.8 Å². The number of benzene rings is 2. The average Bonchev–Trinajstić information content (AvgIpc) is 2.84. The van der Waals surface area contributed by atoms with Crippen LogP contribution in [0.3, 0.4) is 0 Å². The highest BCUT2D eigenvalue weighted by Gasteiger charge is 2.51. The first-order chi connectivity index (χ1) is 16.0. The molecule has 5 rings (SSSR count). The number of carbonyl (C=O) groups is 2. The Kier molecular flexibility index (Phi) is 5.46. The van der Waals surface area contributed by atoms with Gasteiger partial charge in [-0.3, -0.25) is 9.59 Å². The van der Waals surface area contributed by atoms with Crippen molar-refractivity contribution < 1.29 is 23.8 Å². The number of hydrogen-bond donors (Lipinski definition) is 1. The third-order valence-electron chi connectivity index (χ3n) is 6.09. The van der Waals surface area contributed by atoms with Crippen LogP contribution >= 0.6 is 15.9 Å². The fourth-order valence-electron chi connectivity index (χ4n) is 4.48. The van der Waals surface area contributed by atoms with E-state index in [0.717, 1.165) is 4.47 Å². The summed E-state index contributed by atoms with van der Waals surface area (Å²) >= 11 is 3.41. The molecule has 1 aromatic heterocycles. The van der Waals surface area contributed by atoms with Gasteiger partial charge in [0.15, 0.2) is 5.72 Å². The van der Waals surface area contributed by atoms with E-state index in [1.54, 1.807) is 24.3 Å². The Labute approximate surface area is 199 Å². The fourth-order valence-corrected chi connectivity index (χ4v) is 4.84. The van der Waals surface area contributed by atoms with Gasteiger partial charge >= 0.3 is 0 Å². The topological polar surface area (TPSA) is 90.0 Å². The molecule has 3 aromatic rings. The molecule has 0 bridgehead atoms. The number of pyridine rings is 1. The maximum absolute atomic E-state index is 13.9. The molecule has 1 saturated heterocycles. The summed E-state index contributed by atoms with van der Waals surface area (Å²) in [5.74, 6) is 0.492. The summed E-state index contributed by atoms with van der Waals surface area (Å²) in [6.45, 7) is 1.23. The van der Waals surface area contributed by atoms with E-state index in [1.807, 2.05) is 18.2 Å². The second-order valence-electron chi connectivity index (χ2n) is 7.95. The zero-order chi connectivity index (χ0) is 23.2.